The second-order valence-corrected chi connectivity index (χ2v) is 3.55. The Balaban J connectivity index is 3.47. The van der Waals surface area contributed by atoms with Crippen LogP contribution >= 0.6 is 22.6 Å². The highest BCUT2D eigenvalue weighted by atomic mass is 127. The minimum atomic E-state index is -3.01. The topological polar surface area (TPSA) is 79.8 Å². The van der Waals surface area contributed by atoms with E-state index in [4.69, 9.17) is 5.26 Å². The lowest BCUT2D eigenvalue weighted by atomic mass is 10.2. The van der Waals surface area contributed by atoms with Gasteiger partial charge in [0.25, 0.3) is 0 Å². The fourth-order valence-corrected chi connectivity index (χ4v) is 1.56. The Kier molecular flexibility index (Phi) is 3.46. The zero-order valence-electron chi connectivity index (χ0n) is 6.95. The summed E-state index contributed by atoms with van der Waals surface area (Å²) in [6.07, 6.45) is -3.01. The number of hydrogen-bond acceptors (Lipinski definition) is 4. The zero-order valence-corrected chi connectivity index (χ0v) is 9.10. The maximum atomic E-state index is 12.4. The van der Waals surface area contributed by atoms with Gasteiger partial charge in [-0.3, -0.25) is 0 Å². The summed E-state index contributed by atoms with van der Waals surface area (Å²) in [6, 6.07) is 2.52. The first-order chi connectivity index (χ1) is 6.97. The summed E-state index contributed by atoms with van der Waals surface area (Å²) < 4.78 is 24.9. The number of nitro groups is 1. The van der Waals surface area contributed by atoms with Gasteiger partial charge >= 0.3 is 12.2 Å². The van der Waals surface area contributed by atoms with E-state index in [0.29, 0.717) is 0 Å². The van der Waals surface area contributed by atoms with Gasteiger partial charge in [0, 0.05) is 3.57 Å². The Bertz CT molecular complexity index is 458. The van der Waals surface area contributed by atoms with E-state index in [1.165, 1.54) is 6.07 Å². The average Bonchev–Trinajstić information content (AvgIpc) is 2.16. The predicted molar refractivity (Wildman–Crippen MR) is 53.3 cm³/mol. The van der Waals surface area contributed by atoms with Crippen LogP contribution in [0.4, 0.5) is 14.6 Å². The summed E-state index contributed by atoms with van der Waals surface area (Å²) in [5, 5.41) is 18.9. The van der Waals surface area contributed by atoms with Crippen LogP contribution in [0.25, 0.3) is 0 Å². The van der Waals surface area contributed by atoms with Gasteiger partial charge in [-0.1, -0.05) is 0 Å². The maximum Gasteiger partial charge on any atom is 0.365 e. The third-order valence-electron chi connectivity index (χ3n) is 1.49. The van der Waals surface area contributed by atoms with Gasteiger partial charge in [-0.15, -0.1) is 0 Å². The minimum absolute atomic E-state index is 0.0899. The van der Waals surface area contributed by atoms with E-state index in [9.17, 15) is 18.9 Å². The van der Waals surface area contributed by atoms with Crippen LogP contribution in [0.2, 0.25) is 0 Å². The summed E-state index contributed by atoms with van der Waals surface area (Å²) in [5.41, 5.74) is -1.17. The normalized spacial score (nSPS) is 10.1. The first kappa shape index (κ1) is 11.7. The molecular formula is C7H2F2IN3O2. The quantitative estimate of drug-likeness (QED) is 0.475. The van der Waals surface area contributed by atoms with Crippen LogP contribution < -0.4 is 0 Å². The Morgan fingerprint density at radius 2 is 2.27 bits per heavy atom. The molecule has 0 N–H and O–H groups in total. The van der Waals surface area contributed by atoms with Crippen molar-refractivity contribution in [3.8, 4) is 6.07 Å². The van der Waals surface area contributed by atoms with Crippen LogP contribution in [0.3, 0.4) is 0 Å². The molecule has 1 aromatic heterocycles. The molecule has 5 nitrogen and oxygen atoms in total. The maximum absolute atomic E-state index is 12.4. The number of rotatable bonds is 2. The van der Waals surface area contributed by atoms with Crippen LogP contribution in [0, 0.1) is 25.0 Å². The molecule has 0 aliphatic rings. The number of pyridine rings is 1. The molecule has 0 radical (unpaired) electrons. The van der Waals surface area contributed by atoms with Crippen LogP contribution in [0.15, 0.2) is 6.07 Å². The first-order valence-corrected chi connectivity index (χ1v) is 4.58. The molecular weight excluding hydrogens is 323 g/mol. The molecule has 78 valence electrons. The SMILES string of the molecule is N#Cc1c(I)cc([N+](=O)[O-])nc1C(F)F. The third-order valence-corrected chi connectivity index (χ3v) is 2.34. The van der Waals surface area contributed by atoms with Gasteiger partial charge in [-0.05, 0) is 32.5 Å². The van der Waals surface area contributed by atoms with E-state index in [-0.39, 0.29) is 9.13 Å². The molecule has 0 spiro atoms. The number of nitrogens with zero attached hydrogens (tertiary/aromatic N) is 3. The van der Waals surface area contributed by atoms with Crippen molar-refractivity contribution in [2.45, 2.75) is 6.43 Å². The molecule has 15 heavy (non-hydrogen) atoms. The number of halogens is 3. The third kappa shape index (κ3) is 2.35. The van der Waals surface area contributed by atoms with Gasteiger partial charge in [0.1, 0.15) is 11.6 Å². The second-order valence-electron chi connectivity index (χ2n) is 2.39. The van der Waals surface area contributed by atoms with Crippen LogP contribution in [-0.4, -0.2) is 9.91 Å². The number of hydrogen-bond donors (Lipinski definition) is 0. The summed E-state index contributed by atoms with van der Waals surface area (Å²) in [6.45, 7) is 0. The number of alkyl halides is 2. The fourth-order valence-electron chi connectivity index (χ4n) is 0.882. The summed E-state index contributed by atoms with van der Waals surface area (Å²) in [5.74, 6) is -0.686. The highest BCUT2D eigenvalue weighted by Gasteiger charge is 2.26. The van der Waals surface area contributed by atoms with Crippen molar-refractivity contribution in [2.24, 2.45) is 0 Å². The Hall–Kier alpha value is -1.37. The molecule has 1 aromatic rings. The van der Waals surface area contributed by atoms with Gasteiger partial charge in [0.15, 0.2) is 0 Å². The largest absolute Gasteiger partial charge is 0.365 e. The molecule has 0 aromatic carbocycles. The standard InChI is InChI=1S/C7H2F2IN3O2/c8-7(9)6-3(2-11)4(10)1-5(12-6)13(14)15/h1,7H. The van der Waals surface area contributed by atoms with Gasteiger partial charge in [0.05, 0.1) is 6.07 Å². The first-order valence-electron chi connectivity index (χ1n) is 3.50. The predicted octanol–water partition coefficient (Wildman–Crippen LogP) is 2.40. The van der Waals surface area contributed by atoms with E-state index < -0.39 is 22.9 Å². The average molecular weight is 325 g/mol. The smallest absolute Gasteiger partial charge is 0.358 e. The Morgan fingerprint density at radius 1 is 1.67 bits per heavy atom. The Labute approximate surface area is 96.0 Å². The van der Waals surface area contributed by atoms with Crippen LogP contribution in [-0.2, 0) is 0 Å². The van der Waals surface area contributed by atoms with Crippen molar-refractivity contribution < 1.29 is 13.7 Å². The fraction of sp³-hybridized carbons (Fsp3) is 0.143. The number of aromatic nitrogens is 1. The van der Waals surface area contributed by atoms with Crippen molar-refractivity contribution in [3.05, 3.63) is 31.0 Å². The molecule has 0 fully saturated rings. The number of nitriles is 1. The molecule has 1 rings (SSSR count). The van der Waals surface area contributed by atoms with Crippen LogP contribution in [0.1, 0.15) is 17.7 Å². The van der Waals surface area contributed by atoms with E-state index in [1.807, 2.05) is 0 Å². The Morgan fingerprint density at radius 3 is 2.67 bits per heavy atom. The lowest BCUT2D eigenvalue weighted by Crippen LogP contribution is -2.02. The molecule has 8 heteroatoms. The van der Waals surface area contributed by atoms with E-state index in [1.54, 1.807) is 22.6 Å². The second kappa shape index (κ2) is 4.43. The lowest BCUT2D eigenvalue weighted by molar-refractivity contribution is -0.389. The molecule has 0 amide bonds. The molecule has 0 saturated carbocycles. The van der Waals surface area contributed by atoms with E-state index >= 15 is 0 Å². The molecule has 0 aliphatic heterocycles. The van der Waals surface area contributed by atoms with Crippen LogP contribution in [0.5, 0.6) is 0 Å². The minimum Gasteiger partial charge on any atom is -0.358 e. The molecule has 0 aliphatic carbocycles. The molecule has 0 unspecified atom stereocenters. The molecule has 0 bridgehead atoms. The summed E-state index contributed by atoms with van der Waals surface area (Å²) in [7, 11) is 0. The molecule has 1 heterocycles. The summed E-state index contributed by atoms with van der Waals surface area (Å²) >= 11 is 1.58. The van der Waals surface area contributed by atoms with Crippen molar-refractivity contribution in [1.29, 1.82) is 5.26 Å². The van der Waals surface area contributed by atoms with Crippen molar-refractivity contribution >= 4 is 28.4 Å². The van der Waals surface area contributed by atoms with Gasteiger partial charge in [-0.2, -0.15) is 5.26 Å². The highest BCUT2D eigenvalue weighted by Crippen LogP contribution is 2.27. The zero-order chi connectivity index (χ0) is 11.6. The van der Waals surface area contributed by atoms with E-state index in [2.05, 4.69) is 4.98 Å². The van der Waals surface area contributed by atoms with Crippen molar-refractivity contribution in [1.82, 2.24) is 4.98 Å². The molecule has 0 saturated heterocycles. The van der Waals surface area contributed by atoms with Gasteiger partial charge < -0.3 is 10.1 Å². The molecule has 0 atom stereocenters. The monoisotopic (exact) mass is 325 g/mol. The van der Waals surface area contributed by atoms with Crippen molar-refractivity contribution in [2.75, 3.05) is 0 Å². The summed E-state index contributed by atoms with van der Waals surface area (Å²) in [4.78, 5) is 12.6. The van der Waals surface area contributed by atoms with Gasteiger partial charge in [0.2, 0.25) is 5.69 Å². The van der Waals surface area contributed by atoms with Gasteiger partial charge in [-0.25, -0.2) is 8.78 Å². The lowest BCUT2D eigenvalue weighted by Gasteiger charge is -2.00. The van der Waals surface area contributed by atoms with E-state index in [0.717, 1.165) is 6.07 Å². The highest BCUT2D eigenvalue weighted by molar-refractivity contribution is 14.1. The van der Waals surface area contributed by atoms with Crippen molar-refractivity contribution in [3.63, 3.8) is 0 Å².